The Labute approximate surface area is 115 Å². The molecule has 0 atom stereocenters. The van der Waals surface area contributed by atoms with E-state index in [9.17, 15) is 5.11 Å². The maximum Gasteiger partial charge on any atom is 0.243 e. The van der Waals surface area contributed by atoms with Crippen LogP contribution >= 0.6 is 0 Å². The number of aryl methyl sites for hydroxylation is 3. The molecule has 0 spiro atoms. The van der Waals surface area contributed by atoms with Gasteiger partial charge in [-0.15, -0.1) is 0 Å². The zero-order valence-corrected chi connectivity index (χ0v) is 12.4. The van der Waals surface area contributed by atoms with Crippen LogP contribution in [-0.4, -0.2) is 15.3 Å². The van der Waals surface area contributed by atoms with Crippen LogP contribution in [0.25, 0.3) is 5.69 Å². The molecule has 102 valence electrons. The summed E-state index contributed by atoms with van der Waals surface area (Å²) >= 11 is 0. The summed E-state index contributed by atoms with van der Waals surface area (Å²) in [7, 11) is 0. The minimum Gasteiger partial charge on any atom is -0.386 e. The standard InChI is InChI=1S/C16H22N2O/c1-12-8-13(2)15(14(3)9-12)18-7-6-17(11-18)10-16(4,5)19/h6-9,19H,10H2,1-5H3. The molecule has 1 N–H and O–H groups in total. The van der Waals surface area contributed by atoms with Gasteiger partial charge < -0.3 is 14.2 Å². The van der Waals surface area contributed by atoms with Crippen molar-refractivity contribution < 1.29 is 9.67 Å². The zero-order chi connectivity index (χ0) is 14.2. The molecule has 0 aliphatic rings. The van der Waals surface area contributed by atoms with Gasteiger partial charge >= 0.3 is 0 Å². The Morgan fingerprint density at radius 3 is 2.32 bits per heavy atom. The number of imidazole rings is 1. The number of nitrogens with zero attached hydrogens (tertiary/aromatic N) is 2. The molecule has 3 nitrogen and oxygen atoms in total. The summed E-state index contributed by atoms with van der Waals surface area (Å²) in [4.78, 5) is 0. The van der Waals surface area contributed by atoms with Gasteiger partial charge in [-0.2, -0.15) is 0 Å². The van der Waals surface area contributed by atoms with Crippen molar-refractivity contribution in [1.29, 1.82) is 0 Å². The van der Waals surface area contributed by atoms with Crippen LogP contribution in [0.3, 0.4) is 0 Å². The van der Waals surface area contributed by atoms with E-state index in [0.717, 1.165) is 0 Å². The van der Waals surface area contributed by atoms with Crippen LogP contribution in [0.2, 0.25) is 0 Å². The summed E-state index contributed by atoms with van der Waals surface area (Å²) in [5, 5.41) is 9.85. The first-order valence-electron chi connectivity index (χ1n) is 6.57. The maximum atomic E-state index is 9.85. The highest BCUT2D eigenvalue weighted by Gasteiger charge is 2.16. The van der Waals surface area contributed by atoms with Gasteiger partial charge in [0, 0.05) is 12.4 Å². The third-order valence-electron chi connectivity index (χ3n) is 3.07. The fraction of sp³-hybridized carbons (Fsp3) is 0.438. The van der Waals surface area contributed by atoms with E-state index < -0.39 is 5.60 Å². The van der Waals surface area contributed by atoms with E-state index in [1.807, 2.05) is 21.5 Å². The first kappa shape index (κ1) is 13.8. The summed E-state index contributed by atoms with van der Waals surface area (Å²) < 4.78 is 3.88. The lowest BCUT2D eigenvalue weighted by atomic mass is 10.1. The van der Waals surface area contributed by atoms with Crippen molar-refractivity contribution in [2.45, 2.75) is 46.8 Å². The van der Waals surface area contributed by atoms with Crippen LogP contribution in [0, 0.1) is 27.1 Å². The molecule has 19 heavy (non-hydrogen) atoms. The summed E-state index contributed by atoms with van der Waals surface area (Å²) in [5.41, 5.74) is 4.18. The molecule has 0 amide bonds. The molecule has 2 rings (SSSR count). The molecule has 0 unspecified atom stereocenters. The number of benzene rings is 1. The van der Waals surface area contributed by atoms with E-state index >= 15 is 0 Å². The van der Waals surface area contributed by atoms with Gasteiger partial charge in [0.1, 0.15) is 0 Å². The van der Waals surface area contributed by atoms with Crippen molar-refractivity contribution in [2.75, 3.05) is 0 Å². The van der Waals surface area contributed by atoms with Crippen molar-refractivity contribution in [3.05, 3.63) is 47.5 Å². The summed E-state index contributed by atoms with van der Waals surface area (Å²) in [5.74, 6) is 0. The van der Waals surface area contributed by atoms with Crippen LogP contribution in [0.1, 0.15) is 30.5 Å². The van der Waals surface area contributed by atoms with Gasteiger partial charge in [-0.3, -0.25) is 0 Å². The van der Waals surface area contributed by atoms with Gasteiger partial charge in [-0.05, 0) is 45.7 Å². The Balaban J connectivity index is 2.39. The predicted molar refractivity (Wildman–Crippen MR) is 75.3 cm³/mol. The van der Waals surface area contributed by atoms with Gasteiger partial charge in [-0.1, -0.05) is 17.7 Å². The van der Waals surface area contributed by atoms with E-state index in [1.54, 1.807) is 13.8 Å². The van der Waals surface area contributed by atoms with Crippen LogP contribution in [-0.2, 0) is 6.54 Å². The lowest BCUT2D eigenvalue weighted by molar-refractivity contribution is -0.712. The van der Waals surface area contributed by atoms with Crippen molar-refractivity contribution in [3.63, 3.8) is 0 Å². The SMILES string of the molecule is Cc1cc(C)c(-n2[c-][n+](CC(C)(C)O)cc2)c(C)c1. The molecule has 0 aliphatic carbocycles. The molecule has 1 heterocycles. The quantitative estimate of drug-likeness (QED) is 0.664. The fourth-order valence-corrected chi connectivity index (χ4v) is 2.53. The number of rotatable bonds is 3. The monoisotopic (exact) mass is 258 g/mol. The Morgan fingerprint density at radius 2 is 1.79 bits per heavy atom. The third kappa shape index (κ3) is 3.24. The van der Waals surface area contributed by atoms with Crippen molar-refractivity contribution >= 4 is 0 Å². The van der Waals surface area contributed by atoms with Crippen molar-refractivity contribution in [1.82, 2.24) is 4.57 Å². The summed E-state index contributed by atoms with van der Waals surface area (Å²) in [6.07, 6.45) is 7.18. The van der Waals surface area contributed by atoms with Crippen LogP contribution in [0.5, 0.6) is 0 Å². The zero-order valence-electron chi connectivity index (χ0n) is 12.4. The topological polar surface area (TPSA) is 29.0 Å². The Hall–Kier alpha value is -1.61. The maximum absolute atomic E-state index is 9.85. The predicted octanol–water partition coefficient (Wildman–Crippen LogP) is 2.26. The van der Waals surface area contributed by atoms with E-state index in [2.05, 4.69) is 39.2 Å². The molecule has 0 saturated carbocycles. The summed E-state index contributed by atoms with van der Waals surface area (Å²) in [6.45, 7) is 10.5. The average molecular weight is 258 g/mol. The number of hydrogen-bond acceptors (Lipinski definition) is 1. The Bertz CT molecular complexity index is 568. The van der Waals surface area contributed by atoms with E-state index in [0.29, 0.717) is 6.54 Å². The molecule has 0 fully saturated rings. The lowest BCUT2D eigenvalue weighted by Gasteiger charge is -2.15. The first-order valence-corrected chi connectivity index (χ1v) is 6.57. The molecule has 0 radical (unpaired) electrons. The van der Waals surface area contributed by atoms with Crippen molar-refractivity contribution in [2.24, 2.45) is 0 Å². The first-order chi connectivity index (χ1) is 8.76. The van der Waals surface area contributed by atoms with Crippen molar-refractivity contribution in [3.8, 4) is 5.69 Å². The van der Waals surface area contributed by atoms with E-state index in [1.165, 1.54) is 22.4 Å². The summed E-state index contributed by atoms with van der Waals surface area (Å²) in [6, 6.07) is 4.35. The molecule has 0 saturated heterocycles. The van der Waals surface area contributed by atoms with Crippen LogP contribution in [0.15, 0.2) is 24.5 Å². The molecular weight excluding hydrogens is 236 g/mol. The largest absolute Gasteiger partial charge is 0.386 e. The minimum absolute atomic E-state index is 0.532. The lowest BCUT2D eigenvalue weighted by Crippen LogP contribution is -2.43. The smallest absolute Gasteiger partial charge is 0.243 e. The van der Waals surface area contributed by atoms with Gasteiger partial charge in [0.15, 0.2) is 0 Å². The highest BCUT2D eigenvalue weighted by molar-refractivity contribution is 5.48. The van der Waals surface area contributed by atoms with Crippen LogP contribution < -0.4 is 4.57 Å². The van der Waals surface area contributed by atoms with Gasteiger partial charge in [0.25, 0.3) is 0 Å². The van der Waals surface area contributed by atoms with Crippen LogP contribution in [0.4, 0.5) is 0 Å². The molecule has 2 aromatic rings. The molecule has 0 aliphatic heterocycles. The van der Waals surface area contributed by atoms with E-state index in [-0.39, 0.29) is 0 Å². The average Bonchev–Trinajstić information content (AvgIpc) is 2.61. The van der Waals surface area contributed by atoms with Gasteiger partial charge in [-0.25, -0.2) is 0 Å². The molecular formula is C16H22N2O. The number of aromatic nitrogens is 2. The highest BCUT2D eigenvalue weighted by atomic mass is 16.3. The Morgan fingerprint density at radius 1 is 1.21 bits per heavy atom. The Kier molecular flexibility index (Phi) is 3.50. The second-order valence-corrected chi connectivity index (χ2v) is 5.96. The van der Waals surface area contributed by atoms with Gasteiger partial charge in [0.2, 0.25) is 6.33 Å². The minimum atomic E-state index is -0.731. The third-order valence-corrected chi connectivity index (χ3v) is 3.07. The van der Waals surface area contributed by atoms with Gasteiger partial charge in [0.05, 0.1) is 17.8 Å². The van der Waals surface area contributed by atoms with E-state index in [4.69, 9.17) is 0 Å². The second kappa shape index (κ2) is 4.82. The normalized spacial score (nSPS) is 11.9. The highest BCUT2D eigenvalue weighted by Crippen LogP contribution is 2.20. The molecule has 0 bridgehead atoms. The fourth-order valence-electron chi connectivity index (χ4n) is 2.53. The molecule has 1 aromatic heterocycles. The number of hydrogen-bond donors (Lipinski definition) is 1. The molecule has 1 aromatic carbocycles. The second-order valence-electron chi connectivity index (χ2n) is 5.96. The number of aliphatic hydroxyl groups is 1. The molecule has 3 heteroatoms.